The highest BCUT2D eigenvalue weighted by Crippen LogP contribution is 1.93. The zero-order valence-corrected chi connectivity index (χ0v) is 6.39. The molecule has 0 saturated carbocycles. The van der Waals surface area contributed by atoms with Crippen LogP contribution in [0.4, 0.5) is 0 Å². The molecule has 0 spiro atoms. The second kappa shape index (κ2) is 4.79. The largest absolute Gasteiger partial charge is 0.463 e. The fourth-order valence-corrected chi connectivity index (χ4v) is 0.429. The van der Waals surface area contributed by atoms with E-state index in [9.17, 15) is 4.79 Å². The van der Waals surface area contributed by atoms with Gasteiger partial charge in [-0.3, -0.25) is 0 Å². The van der Waals surface area contributed by atoms with Crippen molar-refractivity contribution in [1.29, 1.82) is 0 Å². The molecule has 0 unspecified atom stereocenters. The standard InChI is InChI=1S/C8H12O2/c1-4-7(3)6-8(9)10-5-2/h4,6H,1,5H2,2-3H3/b7-6+. The third kappa shape index (κ3) is 3.89. The Kier molecular flexibility index (Phi) is 4.29. The van der Waals surface area contributed by atoms with E-state index < -0.39 is 0 Å². The third-order valence-electron chi connectivity index (χ3n) is 0.954. The minimum Gasteiger partial charge on any atom is -0.463 e. The first-order valence-corrected chi connectivity index (χ1v) is 3.18. The van der Waals surface area contributed by atoms with Crippen molar-refractivity contribution in [2.75, 3.05) is 6.61 Å². The third-order valence-corrected chi connectivity index (χ3v) is 0.954. The highest BCUT2D eigenvalue weighted by molar-refractivity contribution is 5.83. The van der Waals surface area contributed by atoms with Crippen LogP contribution in [-0.2, 0) is 9.53 Å². The molecule has 0 aliphatic rings. The molecule has 0 fully saturated rings. The van der Waals surface area contributed by atoms with Crippen LogP contribution >= 0.6 is 0 Å². The second-order valence-electron chi connectivity index (χ2n) is 1.84. The number of hydrogen-bond acceptors (Lipinski definition) is 2. The quantitative estimate of drug-likeness (QED) is 0.338. The molecular weight excluding hydrogens is 128 g/mol. The molecule has 0 N–H and O–H groups in total. The maximum Gasteiger partial charge on any atom is 0.330 e. The van der Waals surface area contributed by atoms with E-state index in [0.717, 1.165) is 5.57 Å². The van der Waals surface area contributed by atoms with Crippen LogP contribution in [0.1, 0.15) is 13.8 Å². The monoisotopic (exact) mass is 140 g/mol. The fourth-order valence-electron chi connectivity index (χ4n) is 0.429. The summed E-state index contributed by atoms with van der Waals surface area (Å²) in [6.07, 6.45) is 3.02. The van der Waals surface area contributed by atoms with E-state index in [1.54, 1.807) is 19.9 Å². The molecule has 0 aromatic carbocycles. The lowest BCUT2D eigenvalue weighted by molar-refractivity contribution is -0.137. The lowest BCUT2D eigenvalue weighted by Crippen LogP contribution is -1.99. The first-order valence-electron chi connectivity index (χ1n) is 3.18. The zero-order valence-electron chi connectivity index (χ0n) is 6.39. The average molecular weight is 140 g/mol. The Morgan fingerprint density at radius 2 is 2.30 bits per heavy atom. The SMILES string of the molecule is C=C/C(C)=C/C(=O)OCC. The molecule has 0 radical (unpaired) electrons. The summed E-state index contributed by atoms with van der Waals surface area (Å²) >= 11 is 0. The molecule has 0 aliphatic carbocycles. The smallest absolute Gasteiger partial charge is 0.330 e. The summed E-state index contributed by atoms with van der Waals surface area (Å²) in [5.74, 6) is -0.306. The first kappa shape index (κ1) is 8.95. The summed E-state index contributed by atoms with van der Waals surface area (Å²) < 4.78 is 4.65. The van der Waals surface area contributed by atoms with E-state index in [2.05, 4.69) is 11.3 Å². The van der Waals surface area contributed by atoms with Crippen LogP contribution in [0.3, 0.4) is 0 Å². The van der Waals surface area contributed by atoms with Gasteiger partial charge in [-0.15, -0.1) is 0 Å². The normalized spacial score (nSPS) is 10.8. The Hall–Kier alpha value is -1.05. The number of esters is 1. The number of carbonyl (C=O) groups excluding carboxylic acids is 1. The van der Waals surface area contributed by atoms with E-state index in [-0.39, 0.29) is 5.97 Å². The summed E-state index contributed by atoms with van der Waals surface area (Å²) in [5, 5.41) is 0. The average Bonchev–Trinajstić information content (AvgIpc) is 1.88. The molecule has 2 heteroatoms. The summed E-state index contributed by atoms with van der Waals surface area (Å²) in [7, 11) is 0. The van der Waals surface area contributed by atoms with Gasteiger partial charge in [-0.05, 0) is 19.4 Å². The summed E-state index contributed by atoms with van der Waals surface area (Å²) in [6.45, 7) is 7.48. The zero-order chi connectivity index (χ0) is 7.98. The Labute approximate surface area is 61.2 Å². The van der Waals surface area contributed by atoms with Gasteiger partial charge in [-0.1, -0.05) is 12.7 Å². The van der Waals surface area contributed by atoms with Gasteiger partial charge in [0.05, 0.1) is 6.61 Å². The van der Waals surface area contributed by atoms with Gasteiger partial charge in [-0.2, -0.15) is 0 Å². The predicted octanol–water partition coefficient (Wildman–Crippen LogP) is 1.68. The van der Waals surface area contributed by atoms with Gasteiger partial charge in [0.25, 0.3) is 0 Å². The van der Waals surface area contributed by atoms with E-state index >= 15 is 0 Å². The Morgan fingerprint density at radius 1 is 1.70 bits per heavy atom. The summed E-state index contributed by atoms with van der Waals surface area (Å²) in [4.78, 5) is 10.7. The highest BCUT2D eigenvalue weighted by Gasteiger charge is 1.93. The van der Waals surface area contributed by atoms with Gasteiger partial charge in [0, 0.05) is 6.08 Å². The number of ether oxygens (including phenoxy) is 1. The molecule has 0 aliphatic heterocycles. The number of rotatable bonds is 3. The Morgan fingerprint density at radius 3 is 2.70 bits per heavy atom. The molecule has 0 bridgehead atoms. The number of carbonyl (C=O) groups is 1. The van der Waals surface area contributed by atoms with Crippen LogP contribution in [0.25, 0.3) is 0 Å². The van der Waals surface area contributed by atoms with E-state index in [1.165, 1.54) is 6.08 Å². The van der Waals surface area contributed by atoms with Crippen molar-refractivity contribution in [3.8, 4) is 0 Å². The summed E-state index contributed by atoms with van der Waals surface area (Å²) in [6, 6.07) is 0. The van der Waals surface area contributed by atoms with Crippen LogP contribution in [0.5, 0.6) is 0 Å². The van der Waals surface area contributed by atoms with Crippen molar-refractivity contribution in [2.24, 2.45) is 0 Å². The molecule has 2 nitrogen and oxygen atoms in total. The molecule has 0 rings (SSSR count). The molecule has 0 aromatic heterocycles. The summed E-state index contributed by atoms with van der Waals surface area (Å²) in [5.41, 5.74) is 0.818. The maximum atomic E-state index is 10.7. The predicted molar refractivity (Wildman–Crippen MR) is 40.6 cm³/mol. The molecule has 10 heavy (non-hydrogen) atoms. The van der Waals surface area contributed by atoms with Crippen molar-refractivity contribution in [2.45, 2.75) is 13.8 Å². The van der Waals surface area contributed by atoms with E-state index in [0.29, 0.717) is 6.61 Å². The van der Waals surface area contributed by atoms with Gasteiger partial charge >= 0.3 is 5.97 Å². The second-order valence-corrected chi connectivity index (χ2v) is 1.84. The van der Waals surface area contributed by atoms with Crippen LogP contribution in [0.15, 0.2) is 24.3 Å². The molecule has 0 atom stereocenters. The lowest BCUT2D eigenvalue weighted by Gasteiger charge is -1.94. The first-order chi connectivity index (χ1) is 4.70. The molecule has 56 valence electrons. The van der Waals surface area contributed by atoms with Gasteiger partial charge in [0.15, 0.2) is 0 Å². The minimum absolute atomic E-state index is 0.306. The van der Waals surface area contributed by atoms with Crippen LogP contribution < -0.4 is 0 Å². The molecular formula is C8H12O2. The van der Waals surface area contributed by atoms with Crippen molar-refractivity contribution < 1.29 is 9.53 Å². The van der Waals surface area contributed by atoms with Gasteiger partial charge in [0.1, 0.15) is 0 Å². The van der Waals surface area contributed by atoms with Gasteiger partial charge in [0.2, 0.25) is 0 Å². The molecule has 0 aromatic rings. The van der Waals surface area contributed by atoms with Gasteiger partial charge < -0.3 is 4.74 Å². The van der Waals surface area contributed by atoms with Gasteiger partial charge in [-0.25, -0.2) is 4.79 Å². The fraction of sp³-hybridized carbons (Fsp3) is 0.375. The Bertz CT molecular complexity index is 157. The molecule has 0 amide bonds. The van der Waals surface area contributed by atoms with E-state index in [1.807, 2.05) is 0 Å². The molecule has 0 saturated heterocycles. The Balaban J connectivity index is 3.86. The van der Waals surface area contributed by atoms with Crippen LogP contribution in [0, 0.1) is 0 Å². The van der Waals surface area contributed by atoms with Crippen molar-refractivity contribution in [3.05, 3.63) is 24.3 Å². The molecule has 0 heterocycles. The maximum absolute atomic E-state index is 10.7. The highest BCUT2D eigenvalue weighted by atomic mass is 16.5. The number of allylic oxidation sites excluding steroid dienone is 2. The number of hydrogen-bond donors (Lipinski definition) is 0. The van der Waals surface area contributed by atoms with Crippen molar-refractivity contribution in [3.63, 3.8) is 0 Å². The van der Waals surface area contributed by atoms with E-state index in [4.69, 9.17) is 0 Å². The van der Waals surface area contributed by atoms with Crippen LogP contribution in [-0.4, -0.2) is 12.6 Å². The van der Waals surface area contributed by atoms with Crippen LogP contribution in [0.2, 0.25) is 0 Å². The topological polar surface area (TPSA) is 26.3 Å². The van der Waals surface area contributed by atoms with Crippen molar-refractivity contribution in [1.82, 2.24) is 0 Å². The lowest BCUT2D eigenvalue weighted by atomic mass is 10.3. The van der Waals surface area contributed by atoms with Crippen molar-refractivity contribution >= 4 is 5.97 Å². The minimum atomic E-state index is -0.306.